The minimum Gasteiger partial charge on any atom is -0.480 e. The van der Waals surface area contributed by atoms with Crippen molar-refractivity contribution in [2.45, 2.75) is 24.9 Å². The summed E-state index contributed by atoms with van der Waals surface area (Å²) in [5.74, 6) is -2.45. The molecule has 3 amide bonds. The van der Waals surface area contributed by atoms with E-state index in [2.05, 4.69) is 5.32 Å². The molecule has 0 aromatic heterocycles. The number of likely N-dealkylation sites (tertiary alicyclic amines) is 1. The lowest BCUT2D eigenvalue weighted by atomic mass is 9.83. The van der Waals surface area contributed by atoms with Crippen molar-refractivity contribution in [2.24, 2.45) is 5.92 Å². The molecule has 0 unspecified atom stereocenters. The van der Waals surface area contributed by atoms with E-state index in [-0.39, 0.29) is 0 Å². The number of halogens is 1. The van der Waals surface area contributed by atoms with E-state index in [1.54, 1.807) is 12.1 Å². The number of carboxylic acids is 1. The summed E-state index contributed by atoms with van der Waals surface area (Å²) < 4.78 is 0. The normalized spacial score (nSPS) is 17.5. The molecule has 0 bridgehead atoms. The van der Waals surface area contributed by atoms with E-state index in [1.807, 2.05) is 72.8 Å². The van der Waals surface area contributed by atoms with Crippen molar-refractivity contribution >= 4 is 29.5 Å². The standard InChI is InChI=1S/C26H23ClN2O4/c27-20-13-7-8-17(16-20)14-15-21-23(25(31)32)29(24(21)30)26(33)28-22(18-9-3-1-4-10-18)19-11-5-2-6-12-19/h1-13,16,21-23H,14-15H2,(H,28,33)(H,31,32)/t21-,23+/m1/s1. The van der Waals surface area contributed by atoms with Crippen LogP contribution in [0.5, 0.6) is 0 Å². The summed E-state index contributed by atoms with van der Waals surface area (Å²) in [5, 5.41) is 13.2. The predicted molar refractivity (Wildman–Crippen MR) is 125 cm³/mol. The second-order valence-electron chi connectivity index (χ2n) is 7.97. The van der Waals surface area contributed by atoms with Crippen molar-refractivity contribution in [3.05, 3.63) is 107 Å². The molecule has 0 radical (unpaired) electrons. The molecule has 1 saturated heterocycles. The molecular formula is C26H23ClN2O4. The van der Waals surface area contributed by atoms with Crippen LogP contribution in [0.4, 0.5) is 4.79 Å². The zero-order chi connectivity index (χ0) is 23.4. The molecule has 1 fully saturated rings. The molecule has 168 valence electrons. The number of aryl methyl sites for hydroxylation is 1. The summed E-state index contributed by atoms with van der Waals surface area (Å²) in [6.45, 7) is 0. The molecule has 1 heterocycles. The second-order valence-corrected chi connectivity index (χ2v) is 8.41. The highest BCUT2D eigenvalue weighted by Crippen LogP contribution is 2.32. The van der Waals surface area contributed by atoms with Gasteiger partial charge in [0.25, 0.3) is 0 Å². The smallest absolute Gasteiger partial charge is 0.327 e. The Morgan fingerprint density at radius 3 is 2.09 bits per heavy atom. The average molecular weight is 463 g/mol. The number of carbonyl (C=O) groups excluding carboxylic acids is 2. The van der Waals surface area contributed by atoms with E-state index in [0.717, 1.165) is 21.6 Å². The van der Waals surface area contributed by atoms with E-state index < -0.39 is 35.9 Å². The number of β-lactam (4-membered cyclic amide) rings is 1. The van der Waals surface area contributed by atoms with Crippen molar-refractivity contribution in [2.75, 3.05) is 0 Å². The monoisotopic (exact) mass is 462 g/mol. The highest BCUT2D eigenvalue weighted by atomic mass is 35.5. The lowest BCUT2D eigenvalue weighted by Crippen LogP contribution is -2.68. The number of hydrogen-bond acceptors (Lipinski definition) is 3. The number of hydrogen-bond donors (Lipinski definition) is 2. The first-order chi connectivity index (χ1) is 16.0. The SMILES string of the molecule is O=C(O)[C@@H]1[C@@H](CCc2cccc(Cl)c2)C(=O)N1C(=O)NC(c1ccccc1)c1ccccc1. The van der Waals surface area contributed by atoms with Gasteiger partial charge in [-0.1, -0.05) is 84.4 Å². The fourth-order valence-electron chi connectivity index (χ4n) is 4.20. The molecule has 0 saturated carbocycles. The Hall–Kier alpha value is -3.64. The van der Waals surface area contributed by atoms with E-state index in [9.17, 15) is 19.5 Å². The quantitative estimate of drug-likeness (QED) is 0.499. The van der Waals surface area contributed by atoms with E-state index in [0.29, 0.717) is 17.9 Å². The predicted octanol–water partition coefficient (Wildman–Crippen LogP) is 4.68. The lowest BCUT2D eigenvalue weighted by molar-refractivity contribution is -0.166. The molecule has 2 N–H and O–H groups in total. The van der Waals surface area contributed by atoms with Crippen LogP contribution in [0, 0.1) is 5.92 Å². The molecule has 7 heteroatoms. The number of amides is 3. The van der Waals surface area contributed by atoms with Gasteiger partial charge < -0.3 is 10.4 Å². The Labute approximate surface area is 196 Å². The van der Waals surface area contributed by atoms with Crippen LogP contribution in [0.25, 0.3) is 0 Å². The maximum Gasteiger partial charge on any atom is 0.327 e. The van der Waals surface area contributed by atoms with Crippen LogP contribution in [-0.2, 0) is 16.0 Å². The third-order valence-electron chi connectivity index (χ3n) is 5.85. The molecular weight excluding hydrogens is 440 g/mol. The van der Waals surface area contributed by atoms with Crippen LogP contribution in [0.15, 0.2) is 84.9 Å². The van der Waals surface area contributed by atoms with Gasteiger partial charge in [-0.05, 0) is 41.7 Å². The number of aliphatic carboxylic acids is 1. The highest BCUT2D eigenvalue weighted by molar-refractivity contribution is 6.30. The Kier molecular flexibility index (Phi) is 6.75. The molecule has 4 rings (SSSR count). The van der Waals surface area contributed by atoms with Gasteiger partial charge in [-0.25, -0.2) is 14.5 Å². The fraction of sp³-hybridized carbons (Fsp3) is 0.192. The number of rotatable bonds is 7. The van der Waals surface area contributed by atoms with Crippen molar-refractivity contribution in [1.82, 2.24) is 10.2 Å². The Morgan fingerprint density at radius 2 is 1.55 bits per heavy atom. The van der Waals surface area contributed by atoms with E-state index in [1.165, 1.54) is 0 Å². The number of carboxylic acid groups (broad SMARTS) is 1. The van der Waals surface area contributed by atoms with Crippen molar-refractivity contribution in [1.29, 1.82) is 0 Å². The summed E-state index contributed by atoms with van der Waals surface area (Å²) in [5.41, 5.74) is 2.57. The van der Waals surface area contributed by atoms with Gasteiger partial charge in [0.1, 0.15) is 0 Å². The molecule has 6 nitrogen and oxygen atoms in total. The van der Waals surface area contributed by atoms with Crippen molar-refractivity contribution in [3.8, 4) is 0 Å². The van der Waals surface area contributed by atoms with Crippen LogP contribution >= 0.6 is 11.6 Å². The first kappa shape index (κ1) is 22.6. The van der Waals surface area contributed by atoms with Gasteiger partial charge >= 0.3 is 12.0 Å². The first-order valence-electron chi connectivity index (χ1n) is 10.7. The lowest BCUT2D eigenvalue weighted by Gasteiger charge is -2.43. The number of carbonyl (C=O) groups is 3. The maximum atomic E-state index is 13.1. The summed E-state index contributed by atoms with van der Waals surface area (Å²) in [4.78, 5) is 38.7. The maximum absolute atomic E-state index is 13.1. The van der Waals surface area contributed by atoms with Gasteiger partial charge in [0, 0.05) is 5.02 Å². The number of imide groups is 1. The van der Waals surface area contributed by atoms with Crippen LogP contribution < -0.4 is 5.32 Å². The first-order valence-corrected chi connectivity index (χ1v) is 11.0. The van der Waals surface area contributed by atoms with Crippen LogP contribution in [0.1, 0.15) is 29.2 Å². The van der Waals surface area contributed by atoms with Gasteiger partial charge in [-0.2, -0.15) is 0 Å². The van der Waals surface area contributed by atoms with Gasteiger partial charge in [-0.15, -0.1) is 0 Å². The Balaban J connectivity index is 1.50. The second kappa shape index (κ2) is 9.88. The number of nitrogens with one attached hydrogen (secondary N) is 1. The summed E-state index contributed by atoms with van der Waals surface area (Å²) in [7, 11) is 0. The molecule has 3 aromatic rings. The molecule has 1 aliphatic heterocycles. The summed E-state index contributed by atoms with van der Waals surface area (Å²) >= 11 is 6.01. The zero-order valence-electron chi connectivity index (χ0n) is 17.7. The Bertz CT molecular complexity index is 1110. The Morgan fingerprint density at radius 1 is 0.939 bits per heavy atom. The van der Waals surface area contributed by atoms with Crippen LogP contribution in [0.2, 0.25) is 5.02 Å². The van der Waals surface area contributed by atoms with Crippen molar-refractivity contribution < 1.29 is 19.5 Å². The minimum atomic E-state index is -1.20. The van der Waals surface area contributed by atoms with Crippen molar-refractivity contribution in [3.63, 3.8) is 0 Å². The van der Waals surface area contributed by atoms with Gasteiger partial charge in [0.05, 0.1) is 12.0 Å². The molecule has 0 spiro atoms. The number of urea groups is 1. The van der Waals surface area contributed by atoms with Gasteiger partial charge in [0.2, 0.25) is 5.91 Å². The van der Waals surface area contributed by atoms with Gasteiger partial charge in [-0.3, -0.25) is 4.79 Å². The molecule has 33 heavy (non-hydrogen) atoms. The summed E-state index contributed by atoms with van der Waals surface area (Å²) in [6.07, 6.45) is 0.813. The number of nitrogens with zero attached hydrogens (tertiary/aromatic N) is 1. The van der Waals surface area contributed by atoms with Crippen LogP contribution in [-0.4, -0.2) is 34.0 Å². The molecule has 0 aliphatic carbocycles. The zero-order valence-corrected chi connectivity index (χ0v) is 18.5. The topological polar surface area (TPSA) is 86.7 Å². The molecule has 2 atom stereocenters. The summed E-state index contributed by atoms with van der Waals surface area (Å²) in [6, 6.07) is 23.5. The third-order valence-corrected chi connectivity index (χ3v) is 6.09. The van der Waals surface area contributed by atoms with E-state index >= 15 is 0 Å². The fourth-order valence-corrected chi connectivity index (χ4v) is 4.41. The molecule has 1 aliphatic rings. The molecule has 3 aromatic carbocycles. The van der Waals surface area contributed by atoms with Crippen LogP contribution in [0.3, 0.4) is 0 Å². The van der Waals surface area contributed by atoms with Gasteiger partial charge in [0.15, 0.2) is 6.04 Å². The average Bonchev–Trinajstić information content (AvgIpc) is 2.82. The third kappa shape index (κ3) is 4.91. The van der Waals surface area contributed by atoms with E-state index in [4.69, 9.17) is 11.6 Å². The minimum absolute atomic E-state index is 0.320. The largest absolute Gasteiger partial charge is 0.480 e. The number of benzene rings is 3. The highest BCUT2D eigenvalue weighted by Gasteiger charge is 2.54.